The molecule has 0 aliphatic carbocycles. The van der Waals surface area contributed by atoms with E-state index in [0.717, 1.165) is 17.7 Å². The van der Waals surface area contributed by atoms with Gasteiger partial charge < -0.3 is 4.74 Å². The van der Waals surface area contributed by atoms with E-state index in [2.05, 4.69) is 0 Å². The number of nitrogens with zero attached hydrogens (tertiary/aromatic N) is 1. The van der Waals surface area contributed by atoms with Crippen LogP contribution in [-0.4, -0.2) is 7.11 Å². The average Bonchev–Trinajstić information content (AvgIpc) is 2.19. The summed E-state index contributed by atoms with van der Waals surface area (Å²) in [4.78, 5) is 0. The van der Waals surface area contributed by atoms with Crippen molar-refractivity contribution in [2.45, 2.75) is 13.3 Å². The van der Waals surface area contributed by atoms with Crippen molar-refractivity contribution in [1.29, 1.82) is 5.26 Å². The van der Waals surface area contributed by atoms with E-state index in [1.807, 2.05) is 37.3 Å². The lowest BCUT2D eigenvalue weighted by Gasteiger charge is -2.02. The first-order chi connectivity index (χ1) is 6.76. The van der Waals surface area contributed by atoms with Gasteiger partial charge in [-0.25, -0.2) is 0 Å². The molecule has 0 saturated heterocycles. The number of benzene rings is 1. The maximum absolute atomic E-state index is 8.45. The molecule has 14 heavy (non-hydrogen) atoms. The lowest BCUT2D eigenvalue weighted by Crippen LogP contribution is -1.87. The Morgan fingerprint density at radius 2 is 2.07 bits per heavy atom. The highest BCUT2D eigenvalue weighted by Gasteiger charge is 1.95. The first-order valence-corrected chi connectivity index (χ1v) is 4.44. The van der Waals surface area contributed by atoms with Gasteiger partial charge in [-0.3, -0.25) is 0 Å². The molecule has 1 rings (SSSR count). The van der Waals surface area contributed by atoms with Crippen molar-refractivity contribution in [2.24, 2.45) is 0 Å². The summed E-state index contributed by atoms with van der Waals surface area (Å²) in [6, 6.07) is 9.89. The molecular formula is C12H13NO. The van der Waals surface area contributed by atoms with Crippen LogP contribution in [0.4, 0.5) is 0 Å². The van der Waals surface area contributed by atoms with E-state index in [9.17, 15) is 0 Å². The molecule has 0 atom stereocenters. The van der Waals surface area contributed by atoms with Gasteiger partial charge in [0.1, 0.15) is 5.75 Å². The molecule has 0 aromatic heterocycles. The number of hydrogen-bond acceptors (Lipinski definition) is 2. The lowest BCUT2D eigenvalue weighted by molar-refractivity contribution is 0.414. The molecular weight excluding hydrogens is 174 g/mol. The Labute approximate surface area is 84.4 Å². The molecule has 0 amide bonds. The van der Waals surface area contributed by atoms with Gasteiger partial charge in [0.25, 0.3) is 0 Å². The van der Waals surface area contributed by atoms with E-state index < -0.39 is 0 Å². The summed E-state index contributed by atoms with van der Waals surface area (Å²) in [6.07, 6.45) is 2.39. The number of hydrogen-bond donors (Lipinski definition) is 0. The van der Waals surface area contributed by atoms with Gasteiger partial charge in [0.05, 0.1) is 13.2 Å². The largest absolute Gasteiger partial charge is 0.497 e. The summed E-state index contributed by atoms with van der Waals surface area (Å²) in [6.45, 7) is 1.95. The Hall–Kier alpha value is -1.75. The zero-order valence-corrected chi connectivity index (χ0v) is 8.45. The summed E-state index contributed by atoms with van der Waals surface area (Å²) >= 11 is 0. The summed E-state index contributed by atoms with van der Waals surface area (Å²) in [5.41, 5.74) is 2.26. The Balaban J connectivity index is 2.70. The normalized spacial score (nSPS) is 10.8. The van der Waals surface area contributed by atoms with E-state index in [1.54, 1.807) is 13.2 Å². The molecule has 1 aromatic rings. The third-order valence-corrected chi connectivity index (χ3v) is 1.95. The molecule has 0 saturated carbocycles. The zero-order chi connectivity index (χ0) is 10.4. The van der Waals surface area contributed by atoms with Crippen LogP contribution in [0.15, 0.2) is 35.9 Å². The monoisotopic (exact) mass is 187 g/mol. The first kappa shape index (κ1) is 10.3. The quantitative estimate of drug-likeness (QED) is 0.681. The van der Waals surface area contributed by atoms with Gasteiger partial charge in [0, 0.05) is 6.08 Å². The van der Waals surface area contributed by atoms with E-state index in [4.69, 9.17) is 10.00 Å². The molecule has 0 radical (unpaired) electrons. The number of ether oxygens (including phenoxy) is 1. The summed E-state index contributed by atoms with van der Waals surface area (Å²) in [5, 5.41) is 8.45. The first-order valence-electron chi connectivity index (χ1n) is 4.44. The van der Waals surface area contributed by atoms with Crippen molar-refractivity contribution in [3.8, 4) is 11.8 Å². The Morgan fingerprint density at radius 1 is 1.43 bits per heavy atom. The molecule has 0 aliphatic rings. The van der Waals surface area contributed by atoms with Crippen LogP contribution in [0.25, 0.3) is 0 Å². The highest BCUT2D eigenvalue weighted by molar-refractivity contribution is 5.30. The fourth-order valence-electron chi connectivity index (χ4n) is 1.23. The standard InChI is InChI=1S/C12H13NO/c1-10(7-8-13)9-11-3-5-12(14-2)6-4-11/h3-7H,9H2,1-2H3. The fourth-order valence-corrected chi connectivity index (χ4v) is 1.23. The number of allylic oxidation sites excluding steroid dienone is 2. The summed E-state index contributed by atoms with van der Waals surface area (Å²) < 4.78 is 5.05. The Bertz CT molecular complexity index is 357. The molecule has 2 heteroatoms. The molecule has 0 bridgehead atoms. The van der Waals surface area contributed by atoms with Gasteiger partial charge in [0.15, 0.2) is 0 Å². The van der Waals surface area contributed by atoms with Gasteiger partial charge in [0.2, 0.25) is 0 Å². The molecule has 0 unspecified atom stereocenters. The molecule has 0 spiro atoms. The second kappa shape index (κ2) is 5.08. The van der Waals surface area contributed by atoms with Crippen LogP contribution in [0.5, 0.6) is 5.75 Å². The Kier molecular flexibility index (Phi) is 3.75. The van der Waals surface area contributed by atoms with Crippen molar-refractivity contribution in [3.05, 3.63) is 41.5 Å². The highest BCUT2D eigenvalue weighted by Crippen LogP contribution is 2.13. The van der Waals surface area contributed by atoms with Crippen LogP contribution in [0, 0.1) is 11.3 Å². The zero-order valence-electron chi connectivity index (χ0n) is 8.45. The molecule has 2 nitrogen and oxygen atoms in total. The number of methoxy groups -OCH3 is 1. The molecule has 72 valence electrons. The molecule has 1 aromatic carbocycles. The predicted octanol–water partition coefficient (Wildman–Crippen LogP) is 2.71. The predicted molar refractivity (Wildman–Crippen MR) is 56.1 cm³/mol. The molecule has 0 aliphatic heterocycles. The highest BCUT2D eigenvalue weighted by atomic mass is 16.5. The second-order valence-electron chi connectivity index (χ2n) is 3.14. The van der Waals surface area contributed by atoms with Crippen LogP contribution < -0.4 is 4.74 Å². The average molecular weight is 187 g/mol. The second-order valence-corrected chi connectivity index (χ2v) is 3.14. The van der Waals surface area contributed by atoms with Crippen LogP contribution in [-0.2, 0) is 6.42 Å². The van der Waals surface area contributed by atoms with Crippen molar-refractivity contribution < 1.29 is 4.74 Å². The van der Waals surface area contributed by atoms with Crippen molar-refractivity contribution in [2.75, 3.05) is 7.11 Å². The van der Waals surface area contributed by atoms with Crippen LogP contribution >= 0.6 is 0 Å². The van der Waals surface area contributed by atoms with Crippen LogP contribution in [0.1, 0.15) is 12.5 Å². The van der Waals surface area contributed by atoms with Gasteiger partial charge in [-0.1, -0.05) is 17.7 Å². The molecule has 0 fully saturated rings. The third kappa shape index (κ3) is 2.95. The van der Waals surface area contributed by atoms with Crippen LogP contribution in [0.3, 0.4) is 0 Å². The van der Waals surface area contributed by atoms with E-state index in [-0.39, 0.29) is 0 Å². The minimum atomic E-state index is 0.817. The van der Waals surface area contributed by atoms with Gasteiger partial charge in [-0.2, -0.15) is 5.26 Å². The van der Waals surface area contributed by atoms with Gasteiger partial charge in [-0.15, -0.1) is 0 Å². The maximum Gasteiger partial charge on any atom is 0.118 e. The topological polar surface area (TPSA) is 33.0 Å². The third-order valence-electron chi connectivity index (χ3n) is 1.95. The smallest absolute Gasteiger partial charge is 0.118 e. The maximum atomic E-state index is 8.45. The fraction of sp³-hybridized carbons (Fsp3) is 0.250. The SMILES string of the molecule is COc1ccc(CC(C)=CC#N)cc1. The van der Waals surface area contributed by atoms with Gasteiger partial charge >= 0.3 is 0 Å². The van der Waals surface area contributed by atoms with Crippen LogP contribution in [0.2, 0.25) is 0 Å². The van der Waals surface area contributed by atoms with Crippen molar-refractivity contribution in [3.63, 3.8) is 0 Å². The van der Waals surface area contributed by atoms with Gasteiger partial charge in [-0.05, 0) is 31.0 Å². The molecule has 0 heterocycles. The van der Waals surface area contributed by atoms with E-state index >= 15 is 0 Å². The summed E-state index contributed by atoms with van der Waals surface area (Å²) in [7, 11) is 1.65. The number of nitriles is 1. The van der Waals surface area contributed by atoms with Crippen molar-refractivity contribution >= 4 is 0 Å². The Morgan fingerprint density at radius 3 is 2.57 bits per heavy atom. The van der Waals surface area contributed by atoms with E-state index in [0.29, 0.717) is 0 Å². The van der Waals surface area contributed by atoms with Crippen molar-refractivity contribution in [1.82, 2.24) is 0 Å². The number of rotatable bonds is 3. The summed E-state index contributed by atoms with van der Waals surface area (Å²) in [5.74, 6) is 0.857. The molecule has 0 N–H and O–H groups in total. The lowest BCUT2D eigenvalue weighted by atomic mass is 10.1. The minimum absolute atomic E-state index is 0.817. The minimum Gasteiger partial charge on any atom is -0.497 e. The van der Waals surface area contributed by atoms with E-state index in [1.165, 1.54) is 5.56 Å².